The molecule has 0 heterocycles. The van der Waals surface area contributed by atoms with Gasteiger partial charge in [-0.2, -0.15) is 0 Å². The van der Waals surface area contributed by atoms with E-state index in [1.807, 2.05) is 30.3 Å². The summed E-state index contributed by atoms with van der Waals surface area (Å²) in [5, 5.41) is 3.04. The molecule has 0 atom stereocenters. The van der Waals surface area contributed by atoms with Crippen LogP contribution in [-0.4, -0.2) is 12.5 Å². The lowest BCUT2D eigenvalue weighted by molar-refractivity contribution is -0.116. The highest BCUT2D eigenvalue weighted by molar-refractivity contribution is 5.91. The number of rotatable bonds is 5. The van der Waals surface area contributed by atoms with Crippen molar-refractivity contribution >= 4 is 17.7 Å². The van der Waals surface area contributed by atoms with Gasteiger partial charge in [-0.1, -0.05) is 12.1 Å². The van der Waals surface area contributed by atoms with Crippen LogP contribution in [0.15, 0.2) is 30.3 Å². The Labute approximate surface area is 113 Å². The van der Waals surface area contributed by atoms with E-state index >= 15 is 0 Å². The van der Waals surface area contributed by atoms with Gasteiger partial charge < -0.3 is 11.1 Å². The van der Waals surface area contributed by atoms with Crippen molar-refractivity contribution < 1.29 is 4.79 Å². The Morgan fingerprint density at radius 1 is 1.32 bits per heavy atom. The zero-order valence-corrected chi connectivity index (χ0v) is 11.1. The molecule has 0 saturated heterocycles. The maximum atomic E-state index is 11.8. The molecule has 3 N–H and O–H groups in total. The van der Waals surface area contributed by atoms with Gasteiger partial charge in [0.05, 0.1) is 0 Å². The molecule has 1 aromatic carbocycles. The Balaban J connectivity index is 1.49. The molecular formula is C16H20N2O. The van der Waals surface area contributed by atoms with Crippen LogP contribution in [0.4, 0.5) is 5.69 Å². The average Bonchev–Trinajstić information content (AvgIpc) is 3.28. The van der Waals surface area contributed by atoms with Crippen LogP contribution < -0.4 is 11.1 Å². The van der Waals surface area contributed by atoms with E-state index < -0.39 is 0 Å². The standard InChI is InChI=1S/C16H20N2O/c17-14-6-1-12(2-7-14)3-8-15(19)18-11-16(9-10-16)13-4-5-13/h1-3,6-8,13H,4-5,9-11,17H2,(H,18,19)/b8-3+. The fraction of sp³-hybridized carbons (Fsp3) is 0.438. The van der Waals surface area contributed by atoms with E-state index in [1.165, 1.54) is 25.7 Å². The van der Waals surface area contributed by atoms with Crippen LogP contribution in [0, 0.1) is 11.3 Å². The molecule has 0 aliphatic heterocycles. The summed E-state index contributed by atoms with van der Waals surface area (Å²) in [7, 11) is 0. The topological polar surface area (TPSA) is 55.1 Å². The van der Waals surface area contributed by atoms with Gasteiger partial charge in [-0.05, 0) is 60.8 Å². The van der Waals surface area contributed by atoms with Crippen molar-refractivity contribution in [2.24, 2.45) is 11.3 Å². The van der Waals surface area contributed by atoms with Crippen LogP contribution in [0.3, 0.4) is 0 Å². The third kappa shape index (κ3) is 2.98. The van der Waals surface area contributed by atoms with Gasteiger partial charge in [0.15, 0.2) is 0 Å². The second kappa shape index (κ2) is 4.72. The van der Waals surface area contributed by atoms with E-state index in [0.29, 0.717) is 5.41 Å². The Hall–Kier alpha value is -1.77. The van der Waals surface area contributed by atoms with Crippen LogP contribution in [0.2, 0.25) is 0 Å². The van der Waals surface area contributed by atoms with E-state index in [2.05, 4.69) is 5.32 Å². The Morgan fingerprint density at radius 2 is 2.00 bits per heavy atom. The maximum Gasteiger partial charge on any atom is 0.244 e. The lowest BCUT2D eigenvalue weighted by atomic mass is 10.0. The first-order valence-electron chi connectivity index (χ1n) is 6.99. The molecule has 2 aliphatic rings. The maximum absolute atomic E-state index is 11.8. The van der Waals surface area contributed by atoms with Crippen LogP contribution in [0.25, 0.3) is 6.08 Å². The number of hydrogen-bond acceptors (Lipinski definition) is 2. The molecule has 2 saturated carbocycles. The third-order valence-corrected chi connectivity index (χ3v) is 4.31. The van der Waals surface area contributed by atoms with Crippen molar-refractivity contribution in [3.8, 4) is 0 Å². The fourth-order valence-electron chi connectivity index (χ4n) is 2.69. The molecule has 3 nitrogen and oxygen atoms in total. The van der Waals surface area contributed by atoms with E-state index in [1.54, 1.807) is 6.08 Å². The summed E-state index contributed by atoms with van der Waals surface area (Å²) in [6, 6.07) is 7.49. The molecule has 0 bridgehead atoms. The lowest BCUT2D eigenvalue weighted by Crippen LogP contribution is -2.29. The number of hydrogen-bond donors (Lipinski definition) is 2. The third-order valence-electron chi connectivity index (χ3n) is 4.31. The molecule has 100 valence electrons. The normalized spacial score (nSPS) is 20.4. The first-order valence-corrected chi connectivity index (χ1v) is 6.99. The first kappa shape index (κ1) is 12.3. The highest BCUT2D eigenvalue weighted by Gasteiger charge is 2.53. The zero-order chi connectivity index (χ0) is 13.3. The average molecular weight is 256 g/mol. The molecule has 3 rings (SSSR count). The minimum absolute atomic E-state index is 0.00347. The summed E-state index contributed by atoms with van der Waals surface area (Å²) in [5.41, 5.74) is 7.81. The predicted octanol–water partition coefficient (Wildman–Crippen LogP) is 2.59. The highest BCUT2D eigenvalue weighted by Crippen LogP contribution is 2.60. The molecule has 2 aliphatic carbocycles. The second-order valence-electron chi connectivity index (χ2n) is 5.85. The molecule has 0 aromatic heterocycles. The van der Waals surface area contributed by atoms with Crippen molar-refractivity contribution in [2.75, 3.05) is 12.3 Å². The summed E-state index contributed by atoms with van der Waals surface area (Å²) in [6.45, 7) is 0.850. The zero-order valence-electron chi connectivity index (χ0n) is 11.1. The van der Waals surface area contributed by atoms with Gasteiger partial charge >= 0.3 is 0 Å². The molecule has 0 unspecified atom stereocenters. The minimum atomic E-state index is 0.00347. The van der Waals surface area contributed by atoms with Crippen molar-refractivity contribution in [1.29, 1.82) is 0 Å². The van der Waals surface area contributed by atoms with E-state index in [4.69, 9.17) is 5.73 Å². The van der Waals surface area contributed by atoms with Crippen molar-refractivity contribution in [3.05, 3.63) is 35.9 Å². The van der Waals surface area contributed by atoms with E-state index in [-0.39, 0.29) is 5.91 Å². The quantitative estimate of drug-likeness (QED) is 0.628. The molecule has 0 radical (unpaired) electrons. The number of anilines is 1. The van der Waals surface area contributed by atoms with E-state index in [9.17, 15) is 4.79 Å². The largest absolute Gasteiger partial charge is 0.399 e. The summed E-state index contributed by atoms with van der Waals surface area (Å²) >= 11 is 0. The number of nitrogen functional groups attached to an aromatic ring is 1. The van der Waals surface area contributed by atoms with Gasteiger partial charge in [0.25, 0.3) is 0 Å². The van der Waals surface area contributed by atoms with Gasteiger partial charge in [0, 0.05) is 18.3 Å². The van der Waals surface area contributed by atoms with Gasteiger partial charge in [-0.25, -0.2) is 0 Å². The monoisotopic (exact) mass is 256 g/mol. The summed E-state index contributed by atoms with van der Waals surface area (Å²) in [4.78, 5) is 11.8. The summed E-state index contributed by atoms with van der Waals surface area (Å²) < 4.78 is 0. The minimum Gasteiger partial charge on any atom is -0.399 e. The van der Waals surface area contributed by atoms with Crippen molar-refractivity contribution in [1.82, 2.24) is 5.32 Å². The Morgan fingerprint density at radius 3 is 2.58 bits per heavy atom. The van der Waals surface area contributed by atoms with Crippen molar-refractivity contribution in [2.45, 2.75) is 25.7 Å². The number of benzene rings is 1. The Kier molecular flexibility index (Phi) is 3.05. The lowest BCUT2D eigenvalue weighted by Gasteiger charge is -2.13. The van der Waals surface area contributed by atoms with Crippen LogP contribution >= 0.6 is 0 Å². The number of amides is 1. The predicted molar refractivity (Wildman–Crippen MR) is 77.3 cm³/mol. The molecular weight excluding hydrogens is 236 g/mol. The molecule has 1 amide bonds. The number of nitrogens with one attached hydrogen (secondary N) is 1. The van der Waals surface area contributed by atoms with Gasteiger partial charge in [0.1, 0.15) is 0 Å². The summed E-state index contributed by atoms with van der Waals surface area (Å²) in [6.07, 6.45) is 8.73. The molecule has 1 aromatic rings. The number of nitrogens with two attached hydrogens (primary N) is 1. The summed E-state index contributed by atoms with van der Waals surface area (Å²) in [5.74, 6) is 0.887. The van der Waals surface area contributed by atoms with Gasteiger partial charge in [0.2, 0.25) is 5.91 Å². The second-order valence-corrected chi connectivity index (χ2v) is 5.85. The smallest absolute Gasteiger partial charge is 0.244 e. The molecule has 2 fully saturated rings. The van der Waals surface area contributed by atoms with Crippen LogP contribution in [0.5, 0.6) is 0 Å². The van der Waals surface area contributed by atoms with Gasteiger partial charge in [-0.15, -0.1) is 0 Å². The highest BCUT2D eigenvalue weighted by atomic mass is 16.1. The van der Waals surface area contributed by atoms with Gasteiger partial charge in [-0.3, -0.25) is 4.79 Å². The first-order chi connectivity index (χ1) is 9.18. The van der Waals surface area contributed by atoms with Crippen molar-refractivity contribution in [3.63, 3.8) is 0 Å². The fourth-order valence-corrected chi connectivity index (χ4v) is 2.69. The SMILES string of the molecule is Nc1ccc(/C=C/C(=O)NCC2(C3CC3)CC2)cc1. The number of carbonyl (C=O) groups is 1. The van der Waals surface area contributed by atoms with Crippen LogP contribution in [-0.2, 0) is 4.79 Å². The Bertz CT molecular complexity index is 496. The number of carbonyl (C=O) groups excluding carboxylic acids is 1. The van der Waals surface area contributed by atoms with Crippen LogP contribution in [0.1, 0.15) is 31.2 Å². The molecule has 19 heavy (non-hydrogen) atoms. The molecule has 3 heteroatoms. The molecule has 0 spiro atoms. The van der Waals surface area contributed by atoms with E-state index in [0.717, 1.165) is 23.7 Å².